The highest BCUT2D eigenvalue weighted by Gasteiger charge is 2.28. The number of carbonyl (C=O) groups excluding carboxylic acids is 2. The van der Waals surface area contributed by atoms with Crippen molar-refractivity contribution in [1.29, 1.82) is 0 Å². The number of rotatable bonds is 10. The van der Waals surface area contributed by atoms with Gasteiger partial charge in [-0.3, -0.25) is 9.59 Å². The molecule has 0 aliphatic rings. The zero-order chi connectivity index (χ0) is 20.4. The number of nitrogens with zero attached hydrogens (tertiary/aromatic N) is 1. The smallest absolute Gasteiger partial charge is 0.242 e. The van der Waals surface area contributed by atoms with Crippen molar-refractivity contribution >= 4 is 11.8 Å². The van der Waals surface area contributed by atoms with E-state index in [0.717, 1.165) is 24.0 Å². The molecule has 0 spiro atoms. The van der Waals surface area contributed by atoms with Gasteiger partial charge < -0.3 is 10.2 Å². The quantitative estimate of drug-likeness (QED) is 0.626. The number of hydrogen-bond donors (Lipinski definition) is 1. The standard InChI is InChI=1S/C24H32N2O2/c1-4-6-16-25-24(28)22(5-2)26(18-21-10-8-7-9-11-21)23(27)17-20-14-12-19(3)13-15-20/h7-15,22H,4-6,16-18H2,1-3H3,(H,25,28)/t22-/m1/s1. The van der Waals surface area contributed by atoms with Crippen LogP contribution < -0.4 is 5.32 Å². The van der Waals surface area contributed by atoms with Crippen LogP contribution in [0.3, 0.4) is 0 Å². The van der Waals surface area contributed by atoms with Gasteiger partial charge in [-0.05, 0) is 30.9 Å². The van der Waals surface area contributed by atoms with E-state index in [-0.39, 0.29) is 11.8 Å². The van der Waals surface area contributed by atoms with E-state index in [4.69, 9.17) is 0 Å². The van der Waals surface area contributed by atoms with Crippen molar-refractivity contribution in [2.75, 3.05) is 6.54 Å². The Morgan fingerprint density at radius 2 is 1.64 bits per heavy atom. The van der Waals surface area contributed by atoms with Crippen molar-refractivity contribution in [2.24, 2.45) is 0 Å². The van der Waals surface area contributed by atoms with Crippen LogP contribution >= 0.6 is 0 Å². The van der Waals surface area contributed by atoms with E-state index in [2.05, 4.69) is 12.2 Å². The minimum absolute atomic E-state index is 0.0230. The lowest BCUT2D eigenvalue weighted by Crippen LogP contribution is -2.49. The Morgan fingerprint density at radius 1 is 0.964 bits per heavy atom. The topological polar surface area (TPSA) is 49.4 Å². The molecule has 2 aromatic rings. The summed E-state index contributed by atoms with van der Waals surface area (Å²) in [7, 11) is 0. The molecular weight excluding hydrogens is 348 g/mol. The zero-order valence-electron chi connectivity index (χ0n) is 17.3. The van der Waals surface area contributed by atoms with Gasteiger partial charge in [0.1, 0.15) is 6.04 Å². The van der Waals surface area contributed by atoms with Gasteiger partial charge in [-0.25, -0.2) is 0 Å². The third kappa shape index (κ3) is 6.52. The first-order valence-corrected chi connectivity index (χ1v) is 10.2. The fraction of sp³-hybridized carbons (Fsp3) is 0.417. The van der Waals surface area contributed by atoms with Crippen molar-refractivity contribution in [2.45, 2.75) is 59.0 Å². The third-order valence-electron chi connectivity index (χ3n) is 4.89. The Hall–Kier alpha value is -2.62. The van der Waals surface area contributed by atoms with E-state index in [0.29, 0.717) is 25.9 Å². The summed E-state index contributed by atoms with van der Waals surface area (Å²) in [5.41, 5.74) is 3.16. The molecule has 0 saturated heterocycles. The van der Waals surface area contributed by atoms with Crippen LogP contribution in [0.15, 0.2) is 54.6 Å². The van der Waals surface area contributed by atoms with Crippen LogP contribution in [0, 0.1) is 6.92 Å². The maximum absolute atomic E-state index is 13.2. The molecular formula is C24H32N2O2. The van der Waals surface area contributed by atoms with Crippen molar-refractivity contribution in [3.8, 4) is 0 Å². The molecule has 1 atom stereocenters. The second-order valence-corrected chi connectivity index (χ2v) is 7.24. The maximum Gasteiger partial charge on any atom is 0.242 e. The molecule has 0 fully saturated rings. The highest BCUT2D eigenvalue weighted by atomic mass is 16.2. The molecule has 28 heavy (non-hydrogen) atoms. The molecule has 0 aliphatic heterocycles. The monoisotopic (exact) mass is 380 g/mol. The summed E-state index contributed by atoms with van der Waals surface area (Å²) < 4.78 is 0. The SMILES string of the molecule is CCCCNC(=O)[C@@H](CC)N(Cc1ccccc1)C(=O)Cc1ccc(C)cc1. The number of hydrogen-bond acceptors (Lipinski definition) is 2. The largest absolute Gasteiger partial charge is 0.354 e. The van der Waals surface area contributed by atoms with Crippen molar-refractivity contribution in [3.05, 3.63) is 71.3 Å². The molecule has 0 bridgehead atoms. The highest BCUT2D eigenvalue weighted by molar-refractivity contribution is 5.88. The summed E-state index contributed by atoms with van der Waals surface area (Å²) in [5, 5.41) is 2.99. The van der Waals surface area contributed by atoms with Gasteiger partial charge in [0.15, 0.2) is 0 Å². The van der Waals surface area contributed by atoms with E-state index in [1.54, 1.807) is 4.90 Å². The van der Waals surface area contributed by atoms with Crippen molar-refractivity contribution in [1.82, 2.24) is 10.2 Å². The number of nitrogens with one attached hydrogen (secondary N) is 1. The van der Waals surface area contributed by atoms with Crippen molar-refractivity contribution in [3.63, 3.8) is 0 Å². The Bertz CT molecular complexity index is 741. The van der Waals surface area contributed by atoms with Crippen LogP contribution in [0.2, 0.25) is 0 Å². The maximum atomic E-state index is 13.2. The third-order valence-corrected chi connectivity index (χ3v) is 4.89. The lowest BCUT2D eigenvalue weighted by molar-refractivity contribution is -0.140. The summed E-state index contributed by atoms with van der Waals surface area (Å²) in [6, 6.07) is 17.4. The Morgan fingerprint density at radius 3 is 2.25 bits per heavy atom. The molecule has 0 aromatic heterocycles. The van der Waals surface area contributed by atoms with E-state index in [9.17, 15) is 9.59 Å². The Labute approximate surface area is 169 Å². The van der Waals surface area contributed by atoms with E-state index >= 15 is 0 Å². The molecule has 150 valence electrons. The Kier molecular flexibility index (Phi) is 8.73. The van der Waals surface area contributed by atoms with Crippen LogP contribution in [0.5, 0.6) is 0 Å². The molecule has 4 heteroatoms. The zero-order valence-corrected chi connectivity index (χ0v) is 17.3. The van der Waals surface area contributed by atoms with Gasteiger partial charge in [-0.1, -0.05) is 80.4 Å². The molecule has 0 saturated carbocycles. The first kappa shape index (κ1) is 21.7. The molecule has 0 unspecified atom stereocenters. The van der Waals surface area contributed by atoms with Crippen LogP contribution in [-0.2, 0) is 22.6 Å². The van der Waals surface area contributed by atoms with Crippen LogP contribution in [-0.4, -0.2) is 29.3 Å². The van der Waals surface area contributed by atoms with Gasteiger partial charge in [0.25, 0.3) is 0 Å². The summed E-state index contributed by atoms with van der Waals surface area (Å²) in [6.45, 7) is 7.17. The van der Waals surface area contributed by atoms with Gasteiger partial charge in [-0.2, -0.15) is 0 Å². The number of unbranched alkanes of at least 4 members (excludes halogenated alkanes) is 1. The van der Waals surface area contributed by atoms with E-state index in [1.165, 1.54) is 5.56 Å². The molecule has 0 heterocycles. The molecule has 0 aliphatic carbocycles. The van der Waals surface area contributed by atoms with Crippen LogP contribution in [0.25, 0.3) is 0 Å². The highest BCUT2D eigenvalue weighted by Crippen LogP contribution is 2.15. The summed E-state index contributed by atoms with van der Waals surface area (Å²) >= 11 is 0. The summed E-state index contributed by atoms with van der Waals surface area (Å²) in [6.07, 6.45) is 2.85. The van der Waals surface area contributed by atoms with Crippen LogP contribution in [0.4, 0.5) is 0 Å². The predicted molar refractivity (Wildman–Crippen MR) is 114 cm³/mol. The molecule has 0 radical (unpaired) electrons. The molecule has 2 rings (SSSR count). The summed E-state index contributed by atoms with van der Waals surface area (Å²) in [5.74, 6) is -0.0886. The molecule has 4 nitrogen and oxygen atoms in total. The van der Waals surface area contributed by atoms with E-state index < -0.39 is 6.04 Å². The molecule has 2 amide bonds. The first-order valence-electron chi connectivity index (χ1n) is 10.2. The number of amides is 2. The number of benzene rings is 2. The first-order chi connectivity index (χ1) is 13.5. The fourth-order valence-corrected chi connectivity index (χ4v) is 3.19. The Balaban J connectivity index is 2.19. The minimum Gasteiger partial charge on any atom is -0.354 e. The average Bonchev–Trinajstić information content (AvgIpc) is 2.70. The predicted octanol–water partition coefficient (Wildman–Crippen LogP) is 4.26. The summed E-state index contributed by atoms with van der Waals surface area (Å²) in [4.78, 5) is 27.7. The fourth-order valence-electron chi connectivity index (χ4n) is 3.19. The second kappa shape index (κ2) is 11.3. The normalized spacial score (nSPS) is 11.7. The lowest BCUT2D eigenvalue weighted by Gasteiger charge is -2.31. The number of aryl methyl sites for hydroxylation is 1. The van der Waals surface area contributed by atoms with Crippen LogP contribution in [0.1, 0.15) is 49.8 Å². The van der Waals surface area contributed by atoms with E-state index in [1.807, 2.05) is 68.4 Å². The molecule has 2 aromatic carbocycles. The van der Waals surface area contributed by atoms with Gasteiger partial charge in [0.05, 0.1) is 6.42 Å². The average molecular weight is 381 g/mol. The molecule has 1 N–H and O–H groups in total. The van der Waals surface area contributed by atoms with Gasteiger partial charge in [-0.15, -0.1) is 0 Å². The minimum atomic E-state index is -0.463. The number of carbonyl (C=O) groups is 2. The van der Waals surface area contributed by atoms with Gasteiger partial charge in [0, 0.05) is 13.1 Å². The van der Waals surface area contributed by atoms with Gasteiger partial charge >= 0.3 is 0 Å². The second-order valence-electron chi connectivity index (χ2n) is 7.24. The van der Waals surface area contributed by atoms with Gasteiger partial charge in [0.2, 0.25) is 11.8 Å². The lowest BCUT2D eigenvalue weighted by atomic mass is 10.1. The van der Waals surface area contributed by atoms with Crippen molar-refractivity contribution < 1.29 is 9.59 Å².